The van der Waals surface area contributed by atoms with Crippen molar-refractivity contribution in [2.24, 2.45) is 4.99 Å². The molecular formula is C30H42N4O6. The Balaban J connectivity index is 1.76. The molecule has 3 N–H and O–H groups in total. The van der Waals surface area contributed by atoms with Crippen molar-refractivity contribution in [2.45, 2.75) is 70.7 Å². The van der Waals surface area contributed by atoms with Crippen molar-refractivity contribution < 1.29 is 28.9 Å². The second kappa shape index (κ2) is 13.6. The van der Waals surface area contributed by atoms with Gasteiger partial charge in [-0.15, -0.1) is 0 Å². The van der Waals surface area contributed by atoms with E-state index in [1.807, 2.05) is 43.3 Å². The molecule has 1 aliphatic rings. The molecule has 10 nitrogen and oxygen atoms in total. The lowest BCUT2D eigenvalue weighted by Gasteiger charge is -2.28. The van der Waals surface area contributed by atoms with Crippen LogP contribution in [-0.4, -0.2) is 67.4 Å². The number of nitrogens with one attached hydrogen (secondary N) is 2. The molecule has 10 heteroatoms. The number of esters is 1. The van der Waals surface area contributed by atoms with E-state index in [0.29, 0.717) is 36.8 Å². The van der Waals surface area contributed by atoms with E-state index in [4.69, 9.17) is 24.3 Å². The highest BCUT2D eigenvalue weighted by Crippen LogP contribution is 2.34. The van der Waals surface area contributed by atoms with E-state index in [-0.39, 0.29) is 19.4 Å². The summed E-state index contributed by atoms with van der Waals surface area (Å²) in [5.41, 5.74) is 6.56. The van der Waals surface area contributed by atoms with Crippen molar-refractivity contribution in [2.75, 3.05) is 32.2 Å². The van der Waals surface area contributed by atoms with E-state index in [2.05, 4.69) is 10.9 Å². The number of ether oxygens (including phenoxy) is 3. The summed E-state index contributed by atoms with van der Waals surface area (Å²) >= 11 is 0. The molecule has 1 heterocycles. The van der Waals surface area contributed by atoms with Crippen molar-refractivity contribution in [1.82, 2.24) is 10.9 Å². The number of amides is 1. The van der Waals surface area contributed by atoms with Gasteiger partial charge in [0.2, 0.25) is 5.90 Å². The van der Waals surface area contributed by atoms with Crippen LogP contribution in [0.15, 0.2) is 53.5 Å². The molecule has 0 radical (unpaired) electrons. The fourth-order valence-corrected chi connectivity index (χ4v) is 4.18. The first-order valence-electron chi connectivity index (χ1n) is 13.6. The number of carbonyl (C=O) groups excluding carboxylic acids is 2. The number of hydrogen-bond acceptors (Lipinski definition) is 9. The van der Waals surface area contributed by atoms with E-state index in [0.717, 1.165) is 11.3 Å². The van der Waals surface area contributed by atoms with Crippen LogP contribution in [-0.2, 0) is 25.6 Å². The largest absolute Gasteiger partial charge is 0.494 e. The van der Waals surface area contributed by atoms with Crippen LogP contribution in [0.1, 0.15) is 58.1 Å². The number of nitrogens with zero attached hydrogens (tertiary/aromatic N) is 2. The fourth-order valence-electron chi connectivity index (χ4n) is 4.18. The number of rotatable bonds is 13. The first-order valence-corrected chi connectivity index (χ1v) is 13.6. The molecule has 0 aliphatic carbocycles. The summed E-state index contributed by atoms with van der Waals surface area (Å²) in [5, 5.41) is 8.94. The number of anilines is 1. The molecule has 2 atom stereocenters. The van der Waals surface area contributed by atoms with Gasteiger partial charge in [0.15, 0.2) is 5.54 Å². The lowest BCUT2D eigenvalue weighted by molar-refractivity contribution is -0.155. The van der Waals surface area contributed by atoms with Crippen molar-refractivity contribution >= 4 is 23.5 Å². The maximum absolute atomic E-state index is 13.6. The van der Waals surface area contributed by atoms with E-state index in [1.165, 1.54) is 0 Å². The average Bonchev–Trinajstić information content (AvgIpc) is 3.24. The van der Waals surface area contributed by atoms with Gasteiger partial charge in [0.1, 0.15) is 17.5 Å². The smallest absolute Gasteiger partial charge is 0.306 e. The van der Waals surface area contributed by atoms with Gasteiger partial charge in [-0.3, -0.25) is 15.0 Å². The minimum absolute atomic E-state index is 0.00119. The lowest BCUT2D eigenvalue weighted by atomic mass is 9.88. The van der Waals surface area contributed by atoms with E-state index >= 15 is 0 Å². The van der Waals surface area contributed by atoms with Gasteiger partial charge in [0, 0.05) is 51.3 Å². The molecule has 1 aliphatic heterocycles. The second-order valence-electron chi connectivity index (χ2n) is 11.0. The average molecular weight is 555 g/mol. The Morgan fingerprint density at radius 3 is 2.38 bits per heavy atom. The number of benzene rings is 2. The number of aliphatic hydroxyl groups excluding tert-OH is 1. The molecule has 0 fully saturated rings. The zero-order valence-electron chi connectivity index (χ0n) is 24.3. The Kier molecular flexibility index (Phi) is 10.5. The number of hydrazine groups is 1. The third kappa shape index (κ3) is 8.43. The standard InChI is InChI=1S/C30H42N4O6/c1-21-30(17-16-26(36)40-29(2,3)4,28(37)33-31-20-22-8-12-24(13-9-22)34(5)6)32-27(39-21)23-10-14-25(15-11-23)38-19-7-18-35/h8-15,21,31,35H,7,16-20H2,1-6H3,(H,33,37)/t21-,30-/m0/s1. The van der Waals surface area contributed by atoms with Crippen LogP contribution in [0.25, 0.3) is 0 Å². The summed E-state index contributed by atoms with van der Waals surface area (Å²) in [6, 6.07) is 15.2. The van der Waals surface area contributed by atoms with Crippen molar-refractivity contribution in [3.05, 3.63) is 59.7 Å². The highest BCUT2D eigenvalue weighted by atomic mass is 16.6. The highest BCUT2D eigenvalue weighted by molar-refractivity contribution is 6.00. The molecule has 0 unspecified atom stereocenters. The lowest BCUT2D eigenvalue weighted by Crippen LogP contribution is -2.54. The Bertz CT molecular complexity index is 1160. The van der Waals surface area contributed by atoms with Crippen molar-refractivity contribution in [3.8, 4) is 5.75 Å². The van der Waals surface area contributed by atoms with Gasteiger partial charge in [-0.1, -0.05) is 12.1 Å². The number of aliphatic hydroxyl groups is 1. The van der Waals surface area contributed by atoms with Crippen LogP contribution in [0.5, 0.6) is 5.75 Å². The van der Waals surface area contributed by atoms with Crippen LogP contribution in [0.4, 0.5) is 5.69 Å². The van der Waals surface area contributed by atoms with E-state index < -0.39 is 29.1 Å². The SMILES string of the molecule is C[C@@H]1OC(c2ccc(OCCCO)cc2)=N[C@]1(CCC(=O)OC(C)(C)C)C(=O)NNCc1ccc(N(C)C)cc1. The third-order valence-corrected chi connectivity index (χ3v) is 6.41. The summed E-state index contributed by atoms with van der Waals surface area (Å²) in [7, 11) is 3.95. The molecule has 218 valence electrons. The topological polar surface area (TPSA) is 122 Å². The second-order valence-corrected chi connectivity index (χ2v) is 11.0. The molecule has 0 bridgehead atoms. The predicted molar refractivity (Wildman–Crippen MR) is 154 cm³/mol. The zero-order valence-corrected chi connectivity index (χ0v) is 24.3. The monoisotopic (exact) mass is 554 g/mol. The van der Waals surface area contributed by atoms with Gasteiger partial charge >= 0.3 is 5.97 Å². The fraction of sp³-hybridized carbons (Fsp3) is 0.500. The number of carbonyl (C=O) groups is 2. The summed E-state index contributed by atoms with van der Waals surface area (Å²) in [6.45, 7) is 8.06. The minimum atomic E-state index is -1.34. The minimum Gasteiger partial charge on any atom is -0.494 e. The Hall–Kier alpha value is -3.63. The molecular weight excluding hydrogens is 512 g/mol. The summed E-state index contributed by atoms with van der Waals surface area (Å²) in [4.78, 5) is 33.0. The highest BCUT2D eigenvalue weighted by Gasteiger charge is 2.50. The van der Waals surface area contributed by atoms with Gasteiger partial charge in [0.05, 0.1) is 6.61 Å². The van der Waals surface area contributed by atoms with Crippen LogP contribution in [0.3, 0.4) is 0 Å². The molecule has 0 saturated carbocycles. The molecule has 2 aromatic rings. The third-order valence-electron chi connectivity index (χ3n) is 6.41. The van der Waals surface area contributed by atoms with Crippen molar-refractivity contribution in [1.29, 1.82) is 0 Å². The van der Waals surface area contributed by atoms with Gasteiger partial charge in [-0.05, 0) is 76.1 Å². The zero-order chi connectivity index (χ0) is 29.3. The Morgan fingerprint density at radius 2 is 1.77 bits per heavy atom. The van der Waals surface area contributed by atoms with Gasteiger partial charge in [-0.2, -0.15) is 0 Å². The summed E-state index contributed by atoms with van der Waals surface area (Å²) < 4.78 is 17.2. The van der Waals surface area contributed by atoms with Crippen molar-refractivity contribution in [3.63, 3.8) is 0 Å². The van der Waals surface area contributed by atoms with Gasteiger partial charge in [0.25, 0.3) is 5.91 Å². The number of hydrogen-bond donors (Lipinski definition) is 3. The Morgan fingerprint density at radius 1 is 1.10 bits per heavy atom. The number of aliphatic imine (C=N–C) groups is 1. The van der Waals surface area contributed by atoms with Crippen LogP contribution in [0.2, 0.25) is 0 Å². The van der Waals surface area contributed by atoms with Gasteiger partial charge < -0.3 is 24.2 Å². The normalized spacial score (nSPS) is 18.5. The molecule has 1 amide bonds. The van der Waals surface area contributed by atoms with Gasteiger partial charge in [-0.25, -0.2) is 10.4 Å². The predicted octanol–water partition coefficient (Wildman–Crippen LogP) is 3.36. The molecule has 2 aromatic carbocycles. The molecule has 0 saturated heterocycles. The molecule has 0 aromatic heterocycles. The molecule has 3 rings (SSSR count). The molecule has 40 heavy (non-hydrogen) atoms. The summed E-state index contributed by atoms with van der Waals surface area (Å²) in [6.07, 6.45) is 0.0186. The quantitative estimate of drug-likeness (QED) is 0.196. The Labute approximate surface area is 236 Å². The molecule has 0 spiro atoms. The van der Waals surface area contributed by atoms with Crippen LogP contribution in [0, 0.1) is 0 Å². The first-order chi connectivity index (χ1) is 18.9. The maximum atomic E-state index is 13.6. The van der Waals surface area contributed by atoms with Crippen LogP contribution < -0.4 is 20.5 Å². The summed E-state index contributed by atoms with van der Waals surface area (Å²) in [5.74, 6) is 0.162. The van der Waals surface area contributed by atoms with Crippen LogP contribution >= 0.6 is 0 Å². The van der Waals surface area contributed by atoms with E-state index in [9.17, 15) is 9.59 Å². The first kappa shape index (κ1) is 30.9. The van der Waals surface area contributed by atoms with E-state index in [1.54, 1.807) is 52.0 Å². The maximum Gasteiger partial charge on any atom is 0.306 e.